The van der Waals surface area contributed by atoms with Gasteiger partial charge in [0.1, 0.15) is 10.9 Å². The maximum atomic E-state index is 13.7. The number of hydrogen-bond acceptors (Lipinski definition) is 6. The molecule has 3 amide bonds. The normalized spacial score (nSPS) is 12.0. The van der Waals surface area contributed by atoms with E-state index in [2.05, 4.69) is 16.0 Å². The van der Waals surface area contributed by atoms with Crippen molar-refractivity contribution in [2.45, 2.75) is 16.3 Å². The lowest BCUT2D eigenvalue weighted by Gasteiger charge is -2.19. The molecule has 0 aliphatic rings. The Balaban J connectivity index is 1.42. The van der Waals surface area contributed by atoms with Gasteiger partial charge in [-0.3, -0.25) is 24.5 Å². The summed E-state index contributed by atoms with van der Waals surface area (Å²) >= 11 is 1.04. The largest absolute Gasteiger partial charge is 0.418 e. The molecule has 0 bridgehead atoms. The fraction of sp³-hybridized carbons (Fsp3) is 0.0541. The summed E-state index contributed by atoms with van der Waals surface area (Å²) in [7, 11) is 0. The summed E-state index contributed by atoms with van der Waals surface area (Å²) in [5, 5.41) is 18.3. The molecule has 1 unspecified atom stereocenters. The highest BCUT2D eigenvalue weighted by Crippen LogP contribution is 2.39. The quantitative estimate of drug-likeness (QED) is 0.0550. The van der Waals surface area contributed by atoms with Crippen LogP contribution in [0.25, 0.3) is 6.08 Å². The Morgan fingerprint density at radius 1 is 0.760 bits per heavy atom. The van der Waals surface area contributed by atoms with Crippen LogP contribution in [-0.2, 0) is 15.8 Å². The number of nitro groups is 1. The van der Waals surface area contributed by atoms with Gasteiger partial charge in [-0.25, -0.2) is 0 Å². The van der Waals surface area contributed by atoms with E-state index in [1.54, 1.807) is 78.9 Å². The number of nitro benzene ring substituents is 1. The van der Waals surface area contributed by atoms with Gasteiger partial charge in [0, 0.05) is 22.2 Å². The standard InChI is InChI=1S/C37H27F3N4O5S/c38-37(39,40)29-19-8-9-20-30(29)42-36(47)33(24-12-3-1-4-13-24)50-28-18-11-17-27(23-28)41-35(46)31(43-34(45)25-14-5-2-6-15-25)22-26-16-7-10-21-32(26)44(48)49/h1-23,33H,(H,41,46)(H,42,47)(H,43,45)/b31-22+. The van der Waals surface area contributed by atoms with Crippen LogP contribution in [0, 0.1) is 10.1 Å². The number of halogens is 3. The molecular weight excluding hydrogens is 669 g/mol. The Labute approximate surface area is 288 Å². The van der Waals surface area contributed by atoms with Crippen molar-refractivity contribution in [3.8, 4) is 0 Å². The number of carbonyl (C=O) groups excluding carboxylic acids is 3. The van der Waals surface area contributed by atoms with E-state index in [-0.39, 0.29) is 33.9 Å². The summed E-state index contributed by atoms with van der Waals surface area (Å²) in [6.07, 6.45) is -3.49. The second kappa shape index (κ2) is 15.8. The summed E-state index contributed by atoms with van der Waals surface area (Å²) in [6, 6.07) is 33.3. The predicted octanol–water partition coefficient (Wildman–Crippen LogP) is 8.50. The zero-order chi connectivity index (χ0) is 35.7. The number of alkyl halides is 3. The summed E-state index contributed by atoms with van der Waals surface area (Å²) in [6.45, 7) is 0. The third-order valence-corrected chi connectivity index (χ3v) is 8.39. The summed E-state index contributed by atoms with van der Waals surface area (Å²) in [5.41, 5.74) is -0.852. The molecule has 0 spiro atoms. The average molecular weight is 697 g/mol. The molecule has 9 nitrogen and oxygen atoms in total. The molecule has 1 atom stereocenters. The number of rotatable bonds is 11. The number of nitrogens with zero attached hydrogens (tertiary/aromatic N) is 1. The van der Waals surface area contributed by atoms with Crippen molar-refractivity contribution in [1.29, 1.82) is 0 Å². The minimum Gasteiger partial charge on any atom is -0.324 e. The van der Waals surface area contributed by atoms with Gasteiger partial charge < -0.3 is 16.0 Å². The highest BCUT2D eigenvalue weighted by atomic mass is 32.2. The number of nitrogens with one attached hydrogen (secondary N) is 3. The van der Waals surface area contributed by atoms with Crippen LogP contribution in [0.15, 0.2) is 144 Å². The van der Waals surface area contributed by atoms with Gasteiger partial charge in [0.05, 0.1) is 21.7 Å². The summed E-state index contributed by atoms with van der Waals surface area (Å²) in [5.74, 6) is -2.12. The lowest BCUT2D eigenvalue weighted by molar-refractivity contribution is -0.385. The van der Waals surface area contributed by atoms with Crippen molar-refractivity contribution in [3.63, 3.8) is 0 Å². The molecule has 5 rings (SSSR count). The number of carbonyl (C=O) groups is 3. The van der Waals surface area contributed by atoms with Gasteiger partial charge in [-0.1, -0.05) is 78.9 Å². The molecule has 0 saturated carbocycles. The van der Waals surface area contributed by atoms with Crippen molar-refractivity contribution >= 4 is 52.6 Å². The highest BCUT2D eigenvalue weighted by Gasteiger charge is 2.34. The van der Waals surface area contributed by atoms with Crippen LogP contribution >= 0.6 is 11.8 Å². The fourth-order valence-corrected chi connectivity index (χ4v) is 5.88. The fourth-order valence-electron chi connectivity index (χ4n) is 4.79. The van der Waals surface area contributed by atoms with Crippen LogP contribution in [-0.4, -0.2) is 22.6 Å². The van der Waals surface area contributed by atoms with E-state index in [4.69, 9.17) is 0 Å². The van der Waals surface area contributed by atoms with Gasteiger partial charge in [-0.2, -0.15) is 13.2 Å². The van der Waals surface area contributed by atoms with Crippen LogP contribution in [0.5, 0.6) is 0 Å². The Hall–Kier alpha value is -6.21. The molecular formula is C37H27F3N4O5S. The van der Waals surface area contributed by atoms with Crippen LogP contribution in [0.2, 0.25) is 0 Å². The van der Waals surface area contributed by atoms with Gasteiger partial charge in [-0.05, 0) is 60.2 Å². The van der Waals surface area contributed by atoms with Crippen LogP contribution in [0.1, 0.15) is 32.3 Å². The maximum absolute atomic E-state index is 13.7. The third kappa shape index (κ3) is 9.02. The molecule has 3 N–H and O–H groups in total. The van der Waals surface area contributed by atoms with E-state index < -0.39 is 39.6 Å². The second-order valence-electron chi connectivity index (χ2n) is 10.6. The topological polar surface area (TPSA) is 130 Å². The van der Waals surface area contributed by atoms with Gasteiger partial charge in [0.25, 0.3) is 17.5 Å². The number of anilines is 2. The molecule has 13 heteroatoms. The number of benzene rings is 5. The third-order valence-electron chi connectivity index (χ3n) is 7.14. The van der Waals surface area contributed by atoms with Gasteiger partial charge in [-0.15, -0.1) is 11.8 Å². The highest BCUT2D eigenvalue weighted by molar-refractivity contribution is 8.00. The van der Waals surface area contributed by atoms with E-state index in [9.17, 15) is 37.7 Å². The van der Waals surface area contributed by atoms with E-state index in [0.717, 1.165) is 17.8 Å². The first-order valence-electron chi connectivity index (χ1n) is 14.9. The van der Waals surface area contributed by atoms with Crippen LogP contribution < -0.4 is 16.0 Å². The molecule has 0 aliphatic carbocycles. The van der Waals surface area contributed by atoms with Gasteiger partial charge in [0.2, 0.25) is 5.91 Å². The Morgan fingerprint density at radius 3 is 2.10 bits per heavy atom. The number of amides is 3. The molecule has 0 saturated heterocycles. The molecule has 0 fully saturated rings. The second-order valence-corrected chi connectivity index (χ2v) is 11.8. The van der Waals surface area contributed by atoms with Crippen molar-refractivity contribution in [2.75, 3.05) is 10.6 Å². The number of hydrogen-bond donors (Lipinski definition) is 3. The van der Waals surface area contributed by atoms with Crippen molar-refractivity contribution in [2.24, 2.45) is 0 Å². The van der Waals surface area contributed by atoms with Crippen LogP contribution in [0.3, 0.4) is 0 Å². The van der Waals surface area contributed by atoms with E-state index in [1.165, 1.54) is 54.6 Å². The first kappa shape index (κ1) is 35.1. The first-order valence-corrected chi connectivity index (χ1v) is 15.8. The van der Waals surface area contributed by atoms with Crippen molar-refractivity contribution in [1.82, 2.24) is 5.32 Å². The first-order chi connectivity index (χ1) is 24.0. The zero-order valence-electron chi connectivity index (χ0n) is 25.9. The van der Waals surface area contributed by atoms with E-state index in [0.29, 0.717) is 10.5 Å². The molecule has 0 aliphatic heterocycles. The molecule has 5 aromatic carbocycles. The lowest BCUT2D eigenvalue weighted by Crippen LogP contribution is -2.30. The monoisotopic (exact) mass is 696 g/mol. The zero-order valence-corrected chi connectivity index (χ0v) is 26.7. The molecule has 0 aromatic heterocycles. The smallest absolute Gasteiger partial charge is 0.324 e. The van der Waals surface area contributed by atoms with Crippen molar-refractivity contribution in [3.05, 3.63) is 172 Å². The minimum absolute atomic E-state index is 0.0733. The molecule has 5 aromatic rings. The molecule has 0 radical (unpaired) electrons. The van der Waals surface area contributed by atoms with E-state index in [1.807, 2.05) is 0 Å². The SMILES string of the molecule is O=C(Nc1cccc(SC(C(=O)Nc2ccccc2C(F)(F)F)c2ccccc2)c1)/C(=C\c1ccccc1[N+](=O)[O-])NC(=O)c1ccccc1. The number of para-hydroxylation sites is 2. The Bertz CT molecular complexity index is 2060. The van der Waals surface area contributed by atoms with Crippen LogP contribution in [0.4, 0.5) is 30.2 Å². The average Bonchev–Trinajstić information content (AvgIpc) is 3.11. The molecule has 50 heavy (non-hydrogen) atoms. The molecule has 0 heterocycles. The summed E-state index contributed by atoms with van der Waals surface area (Å²) < 4.78 is 41.0. The van der Waals surface area contributed by atoms with Crippen molar-refractivity contribution < 1.29 is 32.5 Å². The predicted molar refractivity (Wildman–Crippen MR) is 185 cm³/mol. The molecule has 252 valence electrons. The van der Waals surface area contributed by atoms with Gasteiger partial charge >= 0.3 is 6.18 Å². The Morgan fingerprint density at radius 2 is 1.40 bits per heavy atom. The summed E-state index contributed by atoms with van der Waals surface area (Å²) in [4.78, 5) is 51.7. The lowest BCUT2D eigenvalue weighted by atomic mass is 10.1. The Kier molecular flexibility index (Phi) is 11.1. The van der Waals surface area contributed by atoms with Gasteiger partial charge in [0.15, 0.2) is 0 Å². The minimum atomic E-state index is -4.69. The maximum Gasteiger partial charge on any atom is 0.418 e. The number of thioether (sulfide) groups is 1. The van der Waals surface area contributed by atoms with E-state index >= 15 is 0 Å².